The molecule has 0 aliphatic carbocycles. The maximum absolute atomic E-state index is 10.5. The molecular formula is C24H50NO3+. The van der Waals surface area contributed by atoms with E-state index in [4.69, 9.17) is 5.11 Å². The highest BCUT2D eigenvalue weighted by Gasteiger charge is 2.24. The zero-order valence-electron chi connectivity index (χ0n) is 19.3. The van der Waals surface area contributed by atoms with Crippen LogP contribution in [0.15, 0.2) is 0 Å². The van der Waals surface area contributed by atoms with Crippen molar-refractivity contribution in [2.24, 2.45) is 0 Å². The van der Waals surface area contributed by atoms with Crippen molar-refractivity contribution in [2.75, 3.05) is 20.6 Å². The number of nitrogens with zero attached hydrogens (tertiary/aromatic N) is 1. The lowest BCUT2D eigenvalue weighted by Gasteiger charge is -2.34. The Bertz CT molecular complexity index is 358. The molecule has 1 unspecified atom stereocenters. The summed E-state index contributed by atoms with van der Waals surface area (Å²) in [4.78, 5) is 10.5. The summed E-state index contributed by atoms with van der Waals surface area (Å²) in [5.74, 6) is -0.712. The van der Waals surface area contributed by atoms with Gasteiger partial charge in [-0.2, -0.15) is 0 Å². The van der Waals surface area contributed by atoms with Gasteiger partial charge in [-0.05, 0) is 25.7 Å². The Morgan fingerprint density at radius 2 is 1.14 bits per heavy atom. The first-order valence-corrected chi connectivity index (χ1v) is 12.1. The summed E-state index contributed by atoms with van der Waals surface area (Å²) >= 11 is 0. The zero-order valence-corrected chi connectivity index (χ0v) is 19.3. The fourth-order valence-corrected chi connectivity index (χ4v) is 3.82. The highest BCUT2D eigenvalue weighted by molar-refractivity contribution is 5.66. The fourth-order valence-electron chi connectivity index (χ4n) is 3.82. The van der Waals surface area contributed by atoms with E-state index in [2.05, 4.69) is 21.0 Å². The third kappa shape index (κ3) is 17.5. The van der Waals surface area contributed by atoms with Crippen LogP contribution >= 0.6 is 0 Å². The largest absolute Gasteiger partial charge is 0.481 e. The SMILES string of the molecule is CCCCCCCCCCCCCCCC(O)[N+](C)(C)CCCCCC(=O)O. The Morgan fingerprint density at radius 1 is 0.714 bits per heavy atom. The van der Waals surface area contributed by atoms with Crippen LogP contribution in [0, 0.1) is 0 Å². The van der Waals surface area contributed by atoms with Crippen molar-refractivity contribution in [3.63, 3.8) is 0 Å². The first-order valence-electron chi connectivity index (χ1n) is 12.1. The van der Waals surface area contributed by atoms with Gasteiger partial charge in [0.1, 0.15) is 0 Å². The lowest BCUT2D eigenvalue weighted by molar-refractivity contribution is -0.937. The number of aliphatic carboxylic acids is 1. The molecule has 0 aromatic rings. The van der Waals surface area contributed by atoms with Crippen molar-refractivity contribution in [2.45, 2.75) is 129 Å². The zero-order chi connectivity index (χ0) is 21.1. The van der Waals surface area contributed by atoms with E-state index in [0.29, 0.717) is 4.48 Å². The molecule has 0 heterocycles. The minimum Gasteiger partial charge on any atom is -0.481 e. The predicted molar refractivity (Wildman–Crippen MR) is 119 cm³/mol. The molecule has 0 aliphatic heterocycles. The fraction of sp³-hybridized carbons (Fsp3) is 0.958. The lowest BCUT2D eigenvalue weighted by atomic mass is 10.0. The molecule has 28 heavy (non-hydrogen) atoms. The molecule has 0 radical (unpaired) electrons. The minimum atomic E-state index is -0.712. The van der Waals surface area contributed by atoms with Crippen molar-refractivity contribution < 1.29 is 19.5 Å². The second kappa shape index (κ2) is 18.4. The van der Waals surface area contributed by atoms with Crippen molar-refractivity contribution in [3.8, 4) is 0 Å². The molecule has 0 spiro atoms. The van der Waals surface area contributed by atoms with Crippen LogP contribution in [0.4, 0.5) is 0 Å². The summed E-state index contributed by atoms with van der Waals surface area (Å²) in [5.41, 5.74) is 0. The predicted octanol–water partition coefficient (Wildman–Crippen LogP) is 6.51. The number of aliphatic hydroxyl groups excluding tert-OH is 1. The van der Waals surface area contributed by atoms with E-state index in [1.807, 2.05) is 0 Å². The van der Waals surface area contributed by atoms with Crippen LogP contribution < -0.4 is 0 Å². The molecule has 0 aromatic carbocycles. The van der Waals surface area contributed by atoms with Crippen molar-refractivity contribution in [1.82, 2.24) is 0 Å². The first-order chi connectivity index (χ1) is 13.4. The summed E-state index contributed by atoms with van der Waals surface area (Å²) in [6, 6.07) is 0. The molecule has 0 saturated carbocycles. The molecule has 2 N–H and O–H groups in total. The van der Waals surface area contributed by atoms with Gasteiger partial charge < -0.3 is 14.7 Å². The van der Waals surface area contributed by atoms with E-state index >= 15 is 0 Å². The number of hydrogen-bond acceptors (Lipinski definition) is 2. The van der Waals surface area contributed by atoms with E-state index < -0.39 is 5.97 Å². The molecule has 1 atom stereocenters. The van der Waals surface area contributed by atoms with Crippen LogP contribution in [-0.4, -0.2) is 47.5 Å². The number of unbranched alkanes of at least 4 members (excludes halogenated alkanes) is 14. The Morgan fingerprint density at radius 3 is 1.61 bits per heavy atom. The maximum Gasteiger partial charge on any atom is 0.303 e. The second-order valence-electron chi connectivity index (χ2n) is 9.22. The summed E-state index contributed by atoms with van der Waals surface area (Å²) in [6.07, 6.45) is 21.0. The highest BCUT2D eigenvalue weighted by Crippen LogP contribution is 2.17. The molecule has 0 bridgehead atoms. The van der Waals surface area contributed by atoms with E-state index in [-0.39, 0.29) is 12.6 Å². The minimum absolute atomic E-state index is 0.259. The number of carboxylic acid groups (broad SMARTS) is 1. The molecule has 0 fully saturated rings. The van der Waals surface area contributed by atoms with Crippen LogP contribution in [0.25, 0.3) is 0 Å². The molecular weight excluding hydrogens is 350 g/mol. The highest BCUT2D eigenvalue weighted by atomic mass is 16.4. The molecule has 168 valence electrons. The number of hydrogen-bond donors (Lipinski definition) is 2. The first kappa shape index (κ1) is 27.4. The maximum atomic E-state index is 10.5. The van der Waals surface area contributed by atoms with E-state index in [0.717, 1.165) is 38.6 Å². The van der Waals surface area contributed by atoms with E-state index in [9.17, 15) is 9.90 Å². The van der Waals surface area contributed by atoms with E-state index in [1.165, 1.54) is 77.0 Å². The molecule has 0 saturated heterocycles. The smallest absolute Gasteiger partial charge is 0.303 e. The van der Waals surface area contributed by atoms with Crippen LogP contribution in [-0.2, 0) is 4.79 Å². The summed E-state index contributed by atoms with van der Waals surface area (Å²) in [7, 11) is 4.17. The monoisotopic (exact) mass is 400 g/mol. The van der Waals surface area contributed by atoms with Gasteiger partial charge in [-0.3, -0.25) is 4.79 Å². The molecule has 0 amide bonds. The molecule has 4 nitrogen and oxygen atoms in total. The van der Waals surface area contributed by atoms with Crippen LogP contribution in [0.5, 0.6) is 0 Å². The van der Waals surface area contributed by atoms with Gasteiger partial charge in [0.05, 0.1) is 20.6 Å². The van der Waals surface area contributed by atoms with Gasteiger partial charge in [0, 0.05) is 12.8 Å². The average molecular weight is 401 g/mol. The van der Waals surface area contributed by atoms with Gasteiger partial charge >= 0.3 is 5.97 Å². The number of carbonyl (C=O) groups is 1. The van der Waals surface area contributed by atoms with Crippen molar-refractivity contribution in [3.05, 3.63) is 0 Å². The number of rotatable bonds is 21. The van der Waals surface area contributed by atoms with E-state index in [1.54, 1.807) is 0 Å². The average Bonchev–Trinajstić information content (AvgIpc) is 2.64. The van der Waals surface area contributed by atoms with Gasteiger partial charge in [0.15, 0.2) is 6.23 Å². The number of carboxylic acids is 1. The Hall–Kier alpha value is -0.610. The van der Waals surface area contributed by atoms with Gasteiger partial charge in [-0.1, -0.05) is 84.0 Å². The number of quaternary nitrogens is 1. The lowest BCUT2D eigenvalue weighted by Crippen LogP contribution is -2.49. The standard InChI is InChI=1S/C24H49NO3/c1-4-5-6-7-8-9-10-11-12-13-14-15-17-20-23(26)25(2,3)22-19-16-18-21-24(27)28/h23,26H,4-22H2,1-3H3/p+1. The second-order valence-corrected chi connectivity index (χ2v) is 9.22. The third-order valence-electron chi connectivity index (χ3n) is 6.00. The van der Waals surface area contributed by atoms with Gasteiger partial charge in [0.2, 0.25) is 0 Å². The van der Waals surface area contributed by atoms with Gasteiger partial charge in [-0.25, -0.2) is 0 Å². The molecule has 0 rings (SSSR count). The van der Waals surface area contributed by atoms with Crippen LogP contribution in [0.3, 0.4) is 0 Å². The quantitative estimate of drug-likeness (QED) is 0.131. The Kier molecular flexibility index (Phi) is 18.0. The van der Waals surface area contributed by atoms with Crippen LogP contribution in [0.1, 0.15) is 122 Å². The molecule has 4 heteroatoms. The van der Waals surface area contributed by atoms with Crippen LogP contribution in [0.2, 0.25) is 0 Å². The number of aliphatic hydroxyl groups is 1. The molecule has 0 aliphatic rings. The normalized spacial score (nSPS) is 13.0. The summed E-state index contributed by atoms with van der Waals surface area (Å²) in [6.45, 7) is 3.19. The summed E-state index contributed by atoms with van der Waals surface area (Å²) in [5, 5.41) is 19.1. The van der Waals surface area contributed by atoms with Crippen molar-refractivity contribution >= 4 is 5.97 Å². The van der Waals surface area contributed by atoms with Gasteiger partial charge in [0.25, 0.3) is 0 Å². The third-order valence-corrected chi connectivity index (χ3v) is 6.00. The van der Waals surface area contributed by atoms with Gasteiger partial charge in [-0.15, -0.1) is 0 Å². The Balaban J connectivity index is 3.47. The summed E-state index contributed by atoms with van der Waals surface area (Å²) < 4.78 is 0.630. The van der Waals surface area contributed by atoms with Crippen molar-refractivity contribution in [1.29, 1.82) is 0 Å². The Labute approximate surface area is 175 Å². The molecule has 0 aromatic heterocycles. The topological polar surface area (TPSA) is 57.5 Å².